The van der Waals surface area contributed by atoms with Crippen LogP contribution in [0.4, 0.5) is 18.9 Å². The van der Waals surface area contributed by atoms with Gasteiger partial charge in [-0.15, -0.1) is 0 Å². The molecule has 11 heteroatoms. The maximum absolute atomic E-state index is 13.3. The minimum atomic E-state index is -4.66. The van der Waals surface area contributed by atoms with Crippen molar-refractivity contribution in [1.29, 1.82) is 0 Å². The van der Waals surface area contributed by atoms with Crippen LogP contribution in [0.3, 0.4) is 0 Å². The first-order valence-electron chi connectivity index (χ1n) is 9.92. The Kier molecular flexibility index (Phi) is 6.61. The van der Waals surface area contributed by atoms with Crippen molar-refractivity contribution in [3.8, 4) is 0 Å². The molecule has 1 amide bonds. The van der Waals surface area contributed by atoms with Gasteiger partial charge in [0.25, 0.3) is 15.9 Å². The van der Waals surface area contributed by atoms with E-state index in [4.69, 9.17) is 11.6 Å². The van der Waals surface area contributed by atoms with Crippen molar-refractivity contribution in [1.82, 2.24) is 9.88 Å². The number of carbonyl (C=O) groups is 1. The third kappa shape index (κ3) is 4.69. The number of aromatic amines is 1. The summed E-state index contributed by atoms with van der Waals surface area (Å²) in [5.74, 6) is -0.365. The van der Waals surface area contributed by atoms with Crippen LogP contribution in [0.25, 0.3) is 0 Å². The van der Waals surface area contributed by atoms with Crippen LogP contribution < -0.4 is 4.72 Å². The molecule has 6 nitrogen and oxygen atoms in total. The highest BCUT2D eigenvalue weighted by atomic mass is 35.5. The second-order valence-electron chi connectivity index (χ2n) is 7.29. The first-order valence-corrected chi connectivity index (χ1v) is 11.8. The minimum absolute atomic E-state index is 0.0896. The van der Waals surface area contributed by atoms with Gasteiger partial charge < -0.3 is 9.88 Å². The second-order valence-corrected chi connectivity index (χ2v) is 9.32. The number of halogens is 4. The molecule has 170 valence electrons. The Morgan fingerprint density at radius 2 is 1.77 bits per heavy atom. The number of anilines is 1. The number of likely N-dealkylation sites (tertiary alicyclic amines) is 1. The fraction of sp³-hybridized carbons (Fsp3) is 0.450. The monoisotopic (exact) mass is 477 g/mol. The maximum atomic E-state index is 13.3. The van der Waals surface area contributed by atoms with Crippen molar-refractivity contribution in [3.05, 3.63) is 45.7 Å². The van der Waals surface area contributed by atoms with Crippen LogP contribution >= 0.6 is 11.6 Å². The lowest BCUT2D eigenvalue weighted by molar-refractivity contribution is -0.137. The van der Waals surface area contributed by atoms with E-state index in [0.717, 1.165) is 25.0 Å². The average molecular weight is 478 g/mol. The molecule has 0 aliphatic carbocycles. The van der Waals surface area contributed by atoms with Gasteiger partial charge in [0.2, 0.25) is 0 Å². The van der Waals surface area contributed by atoms with Crippen LogP contribution in [0.1, 0.15) is 54.0 Å². The van der Waals surface area contributed by atoms with E-state index in [1.54, 1.807) is 11.8 Å². The molecule has 0 atom stereocenters. The van der Waals surface area contributed by atoms with Gasteiger partial charge in [0.1, 0.15) is 4.90 Å². The van der Waals surface area contributed by atoms with E-state index in [1.807, 2.05) is 6.92 Å². The summed E-state index contributed by atoms with van der Waals surface area (Å²) in [6.45, 7) is 4.67. The molecule has 0 unspecified atom stereocenters. The second kappa shape index (κ2) is 8.74. The normalized spacial score (nSPS) is 14.8. The number of benzene rings is 1. The van der Waals surface area contributed by atoms with Gasteiger partial charge in [-0.25, -0.2) is 8.42 Å². The zero-order valence-electron chi connectivity index (χ0n) is 17.1. The standard InChI is InChI=1S/C20H23ClF3N3O3S/c1-3-15-17(19(28)27-9-5-6-10-27)18(16(4-2)25-15)31(29,30)26-12-7-8-13(14(21)11-12)20(22,23)24/h7-8,11,25-26H,3-6,9-10H2,1-2H3. The number of carbonyl (C=O) groups excluding carboxylic acids is 1. The molecule has 1 fully saturated rings. The minimum Gasteiger partial charge on any atom is -0.360 e. The Morgan fingerprint density at radius 3 is 2.29 bits per heavy atom. The Labute approximate surface area is 183 Å². The molecule has 1 aliphatic rings. The lowest BCUT2D eigenvalue weighted by Gasteiger charge is -2.18. The molecule has 2 heterocycles. The summed E-state index contributed by atoms with van der Waals surface area (Å²) >= 11 is 5.72. The third-order valence-corrected chi connectivity index (χ3v) is 7.02. The van der Waals surface area contributed by atoms with Crippen molar-refractivity contribution in [3.63, 3.8) is 0 Å². The van der Waals surface area contributed by atoms with Gasteiger partial charge in [-0.05, 0) is 43.9 Å². The summed E-state index contributed by atoms with van der Waals surface area (Å²) < 4.78 is 67.7. The fourth-order valence-electron chi connectivity index (χ4n) is 3.72. The molecule has 1 saturated heterocycles. The van der Waals surface area contributed by atoms with E-state index >= 15 is 0 Å². The summed E-state index contributed by atoms with van der Waals surface area (Å²) in [7, 11) is -4.28. The Morgan fingerprint density at radius 1 is 1.16 bits per heavy atom. The number of hydrogen-bond donors (Lipinski definition) is 2. The largest absolute Gasteiger partial charge is 0.417 e. The quantitative estimate of drug-likeness (QED) is 0.624. The van der Waals surface area contributed by atoms with E-state index in [0.29, 0.717) is 43.4 Å². The molecule has 2 N–H and O–H groups in total. The number of nitrogens with one attached hydrogen (secondary N) is 2. The van der Waals surface area contributed by atoms with E-state index in [1.165, 1.54) is 0 Å². The summed E-state index contributed by atoms with van der Waals surface area (Å²) in [5.41, 5.74) is -0.221. The first kappa shape index (κ1) is 23.5. The average Bonchev–Trinajstić information content (AvgIpc) is 3.34. The number of rotatable bonds is 6. The highest BCUT2D eigenvalue weighted by Crippen LogP contribution is 2.37. The predicted octanol–water partition coefficient (Wildman–Crippen LogP) is 4.85. The van der Waals surface area contributed by atoms with Crippen molar-refractivity contribution in [2.24, 2.45) is 0 Å². The topological polar surface area (TPSA) is 82.3 Å². The number of sulfonamides is 1. The SMILES string of the molecule is CCc1[nH]c(CC)c(S(=O)(=O)Nc2ccc(C(F)(F)F)c(Cl)c2)c1C(=O)N1CCCC1. The van der Waals surface area contributed by atoms with Crippen LogP contribution in [0, 0.1) is 0 Å². The summed E-state index contributed by atoms with van der Waals surface area (Å²) in [6.07, 6.45) is -2.21. The predicted molar refractivity (Wildman–Crippen MR) is 112 cm³/mol. The fourth-order valence-corrected chi connectivity index (χ4v) is 5.55. The zero-order valence-corrected chi connectivity index (χ0v) is 18.6. The Hall–Kier alpha value is -2.20. The third-order valence-electron chi connectivity index (χ3n) is 5.21. The summed E-state index contributed by atoms with van der Waals surface area (Å²) in [5, 5.41) is -0.625. The molecule has 1 aromatic heterocycles. The Bertz CT molecular complexity index is 1090. The van der Waals surface area contributed by atoms with Gasteiger partial charge in [-0.2, -0.15) is 13.2 Å². The van der Waals surface area contributed by atoms with Gasteiger partial charge in [-0.1, -0.05) is 25.4 Å². The molecule has 2 aromatic rings. The molecule has 0 saturated carbocycles. The number of alkyl halides is 3. The van der Waals surface area contributed by atoms with Gasteiger partial charge >= 0.3 is 6.18 Å². The molecule has 0 bridgehead atoms. The van der Waals surface area contributed by atoms with Crippen LogP contribution in [0.15, 0.2) is 23.1 Å². The lowest BCUT2D eigenvalue weighted by Crippen LogP contribution is -2.30. The molecule has 31 heavy (non-hydrogen) atoms. The molecule has 1 aromatic carbocycles. The van der Waals surface area contributed by atoms with Crippen molar-refractivity contribution < 1.29 is 26.4 Å². The maximum Gasteiger partial charge on any atom is 0.417 e. The number of nitrogens with zero attached hydrogens (tertiary/aromatic N) is 1. The van der Waals surface area contributed by atoms with Gasteiger partial charge in [0.15, 0.2) is 0 Å². The Balaban J connectivity index is 2.05. The van der Waals surface area contributed by atoms with E-state index in [-0.39, 0.29) is 22.1 Å². The van der Waals surface area contributed by atoms with Crippen molar-refractivity contribution >= 4 is 33.2 Å². The van der Waals surface area contributed by atoms with Gasteiger partial charge in [0, 0.05) is 24.5 Å². The first-order chi connectivity index (χ1) is 14.5. The summed E-state index contributed by atoms with van der Waals surface area (Å²) in [6, 6.07) is 2.61. The van der Waals surface area contributed by atoms with E-state index in [2.05, 4.69) is 9.71 Å². The number of aryl methyl sites for hydroxylation is 2. The zero-order chi connectivity index (χ0) is 23.0. The molecular weight excluding hydrogens is 455 g/mol. The van der Waals surface area contributed by atoms with Crippen LogP contribution in [-0.4, -0.2) is 37.3 Å². The molecule has 1 aliphatic heterocycles. The van der Waals surface area contributed by atoms with Crippen molar-refractivity contribution in [2.45, 2.75) is 50.6 Å². The van der Waals surface area contributed by atoms with Crippen LogP contribution in [0.2, 0.25) is 5.02 Å². The number of aromatic nitrogens is 1. The number of H-pyrrole nitrogens is 1. The number of amides is 1. The smallest absolute Gasteiger partial charge is 0.360 e. The van der Waals surface area contributed by atoms with Gasteiger partial charge in [-0.3, -0.25) is 9.52 Å². The highest BCUT2D eigenvalue weighted by Gasteiger charge is 2.35. The highest BCUT2D eigenvalue weighted by molar-refractivity contribution is 7.92. The molecular formula is C20H23ClF3N3O3S. The van der Waals surface area contributed by atoms with Crippen LogP contribution in [0.5, 0.6) is 0 Å². The molecule has 3 rings (SSSR count). The van der Waals surface area contributed by atoms with Crippen LogP contribution in [-0.2, 0) is 29.0 Å². The van der Waals surface area contributed by atoms with E-state index < -0.39 is 26.8 Å². The summed E-state index contributed by atoms with van der Waals surface area (Å²) in [4.78, 5) is 17.7. The molecule has 0 radical (unpaired) electrons. The van der Waals surface area contributed by atoms with E-state index in [9.17, 15) is 26.4 Å². The number of hydrogen-bond acceptors (Lipinski definition) is 3. The van der Waals surface area contributed by atoms with Crippen molar-refractivity contribution in [2.75, 3.05) is 17.8 Å². The lowest BCUT2D eigenvalue weighted by atomic mass is 10.1. The van der Waals surface area contributed by atoms with Gasteiger partial charge in [0.05, 0.1) is 21.8 Å². The molecule has 0 spiro atoms.